The van der Waals surface area contributed by atoms with E-state index in [-0.39, 0.29) is 19.7 Å². The summed E-state index contributed by atoms with van der Waals surface area (Å²) in [5, 5.41) is 0. The Bertz CT molecular complexity index is 482. The van der Waals surface area contributed by atoms with Crippen LogP contribution in [-0.4, -0.2) is 64.6 Å². The summed E-state index contributed by atoms with van der Waals surface area (Å²) in [5.41, 5.74) is 0. The van der Waals surface area contributed by atoms with E-state index in [1.165, 1.54) is 0 Å². The quantitative estimate of drug-likeness (QED) is 0.539. The van der Waals surface area contributed by atoms with E-state index < -0.39 is 37.3 Å². The molecule has 19 heavy (non-hydrogen) atoms. The molecule has 0 bridgehead atoms. The number of hydrogen-bond acceptors (Lipinski definition) is 6. The van der Waals surface area contributed by atoms with Gasteiger partial charge in [0.25, 0.3) is 0 Å². The first kappa shape index (κ1) is 18.3. The molecule has 0 fully saturated rings. The van der Waals surface area contributed by atoms with Crippen molar-refractivity contribution in [3.63, 3.8) is 0 Å². The van der Waals surface area contributed by atoms with Crippen molar-refractivity contribution in [3.8, 4) is 0 Å². The van der Waals surface area contributed by atoms with Crippen LogP contribution >= 0.6 is 0 Å². The molecule has 9 heteroatoms. The summed E-state index contributed by atoms with van der Waals surface area (Å²) < 4.78 is 51.6. The van der Waals surface area contributed by atoms with Crippen molar-refractivity contribution < 1.29 is 26.4 Å². The number of ether oxygens (including phenoxy) is 1. The molecule has 7 nitrogen and oxygen atoms in total. The zero-order chi connectivity index (χ0) is 15.1. The minimum atomic E-state index is -3.78. The van der Waals surface area contributed by atoms with E-state index in [2.05, 4.69) is 0 Å². The average molecular weight is 315 g/mol. The maximum atomic E-state index is 12.0. The smallest absolute Gasteiger partial charge is 0.321 e. The Morgan fingerprint density at radius 3 is 2.11 bits per heavy atom. The molecule has 0 heterocycles. The summed E-state index contributed by atoms with van der Waals surface area (Å²) in [6.07, 6.45) is 1.50. The largest absolute Gasteiger partial charge is 0.465 e. The summed E-state index contributed by atoms with van der Waals surface area (Å²) in [6.45, 7) is 3.34. The first-order chi connectivity index (χ1) is 8.62. The Hall–Kier alpha value is -0.670. The van der Waals surface area contributed by atoms with Crippen LogP contribution in [0.2, 0.25) is 0 Å². The molecule has 0 rings (SSSR count). The molecule has 0 saturated carbocycles. The Kier molecular flexibility index (Phi) is 7.53. The molecule has 0 aromatic carbocycles. The topological polar surface area (TPSA) is 97.8 Å². The van der Waals surface area contributed by atoms with Crippen LogP contribution in [0.25, 0.3) is 0 Å². The zero-order valence-electron chi connectivity index (χ0n) is 11.5. The number of sulfone groups is 1. The summed E-state index contributed by atoms with van der Waals surface area (Å²) >= 11 is 0. The molecule has 0 N–H and O–H groups in total. The number of sulfonamides is 1. The van der Waals surface area contributed by atoms with Gasteiger partial charge in [0.05, 0.1) is 18.1 Å². The van der Waals surface area contributed by atoms with Crippen LogP contribution in [0.1, 0.15) is 20.3 Å². The molecule has 0 aliphatic carbocycles. The highest BCUT2D eigenvalue weighted by Gasteiger charge is 2.25. The fourth-order valence-corrected chi connectivity index (χ4v) is 4.38. The Morgan fingerprint density at radius 2 is 1.68 bits per heavy atom. The molecule has 0 unspecified atom stereocenters. The molecule has 0 aromatic rings. The summed E-state index contributed by atoms with van der Waals surface area (Å²) in [4.78, 5) is 11.3. The molecule has 0 spiro atoms. The third-order valence-corrected chi connectivity index (χ3v) is 5.21. The molecular formula is C10H21NO6S2. The highest BCUT2D eigenvalue weighted by molar-refractivity contribution is 7.93. The van der Waals surface area contributed by atoms with Crippen LogP contribution in [0.5, 0.6) is 0 Å². The lowest BCUT2D eigenvalue weighted by molar-refractivity contribution is -0.143. The van der Waals surface area contributed by atoms with Gasteiger partial charge in [0.1, 0.15) is 16.4 Å². The molecule has 0 amide bonds. The molecular weight excluding hydrogens is 294 g/mol. The lowest BCUT2D eigenvalue weighted by Crippen LogP contribution is -2.39. The Balaban J connectivity index is 4.80. The third kappa shape index (κ3) is 8.17. The van der Waals surface area contributed by atoms with Gasteiger partial charge in [0, 0.05) is 12.8 Å². The van der Waals surface area contributed by atoms with Crippen LogP contribution in [-0.2, 0) is 29.4 Å². The van der Waals surface area contributed by atoms with Crippen molar-refractivity contribution in [2.45, 2.75) is 20.3 Å². The van der Waals surface area contributed by atoms with Crippen LogP contribution in [0.4, 0.5) is 0 Å². The van der Waals surface area contributed by atoms with E-state index in [0.717, 1.165) is 10.6 Å². The summed E-state index contributed by atoms with van der Waals surface area (Å²) in [7, 11) is -7.14. The second-order valence-corrected chi connectivity index (χ2v) is 8.43. The van der Waals surface area contributed by atoms with E-state index in [1.807, 2.05) is 0 Å². The predicted molar refractivity (Wildman–Crippen MR) is 72.0 cm³/mol. The van der Waals surface area contributed by atoms with E-state index in [0.29, 0.717) is 6.42 Å². The van der Waals surface area contributed by atoms with Crippen molar-refractivity contribution in [2.24, 2.45) is 0 Å². The first-order valence-electron chi connectivity index (χ1n) is 5.93. The highest BCUT2D eigenvalue weighted by atomic mass is 32.2. The van der Waals surface area contributed by atoms with Gasteiger partial charge >= 0.3 is 5.97 Å². The fourth-order valence-electron chi connectivity index (χ4n) is 1.30. The number of hydrogen-bond donors (Lipinski definition) is 0. The second kappa shape index (κ2) is 7.81. The van der Waals surface area contributed by atoms with Crippen LogP contribution in [0, 0.1) is 0 Å². The van der Waals surface area contributed by atoms with Crippen molar-refractivity contribution >= 4 is 25.8 Å². The van der Waals surface area contributed by atoms with E-state index in [1.54, 1.807) is 13.8 Å². The van der Waals surface area contributed by atoms with Crippen LogP contribution < -0.4 is 0 Å². The Morgan fingerprint density at radius 1 is 1.11 bits per heavy atom. The van der Waals surface area contributed by atoms with E-state index in [4.69, 9.17) is 4.74 Å². The number of carbonyl (C=O) groups excluding carboxylic acids is 1. The average Bonchev–Trinajstić information content (AvgIpc) is 2.25. The maximum Gasteiger partial charge on any atom is 0.321 e. The molecule has 114 valence electrons. The third-order valence-electron chi connectivity index (χ3n) is 2.19. The summed E-state index contributed by atoms with van der Waals surface area (Å²) in [6, 6.07) is 0. The molecule has 0 saturated heterocycles. The molecule has 0 atom stereocenters. The number of rotatable bonds is 9. The minimum Gasteiger partial charge on any atom is -0.465 e. The monoisotopic (exact) mass is 315 g/mol. The van der Waals surface area contributed by atoms with Gasteiger partial charge in [-0.15, -0.1) is 0 Å². The van der Waals surface area contributed by atoms with E-state index in [9.17, 15) is 21.6 Å². The Labute approximate surface area is 114 Å². The van der Waals surface area contributed by atoms with Crippen molar-refractivity contribution in [1.29, 1.82) is 0 Å². The number of carbonyl (C=O) groups is 1. The van der Waals surface area contributed by atoms with Crippen molar-refractivity contribution in [1.82, 2.24) is 4.31 Å². The second-order valence-electron chi connectivity index (χ2n) is 4.08. The number of nitrogens with zero attached hydrogens (tertiary/aromatic N) is 1. The lowest BCUT2D eigenvalue weighted by atomic mass is 10.5. The van der Waals surface area contributed by atoms with Crippen LogP contribution in [0.3, 0.4) is 0 Å². The van der Waals surface area contributed by atoms with Gasteiger partial charge in [0.15, 0.2) is 0 Å². The number of esters is 1. The van der Waals surface area contributed by atoms with Crippen LogP contribution in [0.15, 0.2) is 0 Å². The maximum absolute atomic E-state index is 12.0. The van der Waals surface area contributed by atoms with Crippen molar-refractivity contribution in [2.75, 3.05) is 37.5 Å². The van der Waals surface area contributed by atoms with E-state index >= 15 is 0 Å². The van der Waals surface area contributed by atoms with Gasteiger partial charge in [-0.3, -0.25) is 4.79 Å². The standard InChI is InChI=1S/C10H21NO6S2/c1-4-6-11(9-10(12)17-5-2)19(15,16)8-7-18(3,13)14/h4-9H2,1-3H3. The normalized spacial score (nSPS) is 12.6. The van der Waals surface area contributed by atoms with Gasteiger partial charge in [0.2, 0.25) is 10.0 Å². The molecule has 0 aliphatic heterocycles. The molecule has 0 radical (unpaired) electrons. The van der Waals surface area contributed by atoms with Gasteiger partial charge in [-0.2, -0.15) is 4.31 Å². The van der Waals surface area contributed by atoms with Gasteiger partial charge in [-0.25, -0.2) is 16.8 Å². The zero-order valence-corrected chi connectivity index (χ0v) is 13.1. The van der Waals surface area contributed by atoms with Gasteiger partial charge in [-0.05, 0) is 13.3 Å². The fraction of sp³-hybridized carbons (Fsp3) is 0.900. The van der Waals surface area contributed by atoms with Gasteiger partial charge < -0.3 is 4.74 Å². The SMILES string of the molecule is CCCN(CC(=O)OCC)S(=O)(=O)CCS(C)(=O)=O. The summed E-state index contributed by atoms with van der Waals surface area (Å²) in [5.74, 6) is -1.62. The highest BCUT2D eigenvalue weighted by Crippen LogP contribution is 2.05. The lowest BCUT2D eigenvalue weighted by Gasteiger charge is -2.20. The first-order valence-corrected chi connectivity index (χ1v) is 9.60. The molecule has 0 aliphatic rings. The molecule has 0 aromatic heterocycles. The van der Waals surface area contributed by atoms with Gasteiger partial charge in [-0.1, -0.05) is 6.92 Å². The predicted octanol–water partition coefficient (Wildman–Crippen LogP) is -0.364. The minimum absolute atomic E-state index is 0.158. The van der Waals surface area contributed by atoms with Crippen molar-refractivity contribution in [3.05, 3.63) is 0 Å².